The van der Waals surface area contributed by atoms with Gasteiger partial charge in [-0.25, -0.2) is 9.59 Å². The van der Waals surface area contributed by atoms with Gasteiger partial charge in [0.05, 0.1) is 17.3 Å². The van der Waals surface area contributed by atoms with Crippen molar-refractivity contribution in [1.29, 1.82) is 0 Å². The van der Waals surface area contributed by atoms with Crippen LogP contribution in [-0.2, 0) is 14.3 Å². The number of methoxy groups -OCH3 is 1. The van der Waals surface area contributed by atoms with Gasteiger partial charge in [0.25, 0.3) is 5.91 Å². The molecule has 9 heteroatoms. The molecular formula is C16H17IN2O6. The number of nitrogens with one attached hydrogen (secondary N) is 1. The fourth-order valence-corrected chi connectivity index (χ4v) is 2.87. The van der Waals surface area contributed by atoms with Gasteiger partial charge in [-0.2, -0.15) is 0 Å². The summed E-state index contributed by atoms with van der Waals surface area (Å²) in [5, 5.41) is 2.49. The quantitative estimate of drug-likeness (QED) is 0.301. The fraction of sp³-hybridized carbons (Fsp3) is 0.312. The van der Waals surface area contributed by atoms with Crippen molar-refractivity contribution in [2.75, 3.05) is 27.4 Å². The Hall–Kier alpha value is -2.30. The Balaban J connectivity index is 2.26. The predicted octanol–water partition coefficient (Wildman–Crippen LogP) is 1.76. The van der Waals surface area contributed by atoms with Crippen LogP contribution in [-0.4, -0.2) is 50.2 Å². The molecule has 134 valence electrons. The highest BCUT2D eigenvalue weighted by Gasteiger charge is 2.30. The monoisotopic (exact) mass is 460 g/mol. The number of halogens is 1. The van der Waals surface area contributed by atoms with E-state index in [1.165, 1.54) is 14.2 Å². The first kappa shape index (κ1) is 19.0. The Labute approximate surface area is 158 Å². The lowest BCUT2D eigenvalue weighted by molar-refractivity contribution is -0.145. The smallest absolute Gasteiger partial charge is 0.344 e. The molecule has 0 radical (unpaired) electrons. The maximum Gasteiger partial charge on any atom is 0.344 e. The van der Waals surface area contributed by atoms with Crippen molar-refractivity contribution in [1.82, 2.24) is 10.2 Å². The van der Waals surface area contributed by atoms with E-state index in [1.807, 2.05) is 22.6 Å². The Bertz CT molecular complexity index is 746. The van der Waals surface area contributed by atoms with Gasteiger partial charge in [-0.1, -0.05) is 0 Å². The number of ether oxygens (including phenoxy) is 3. The third kappa shape index (κ3) is 4.41. The number of hydrogen-bond donors (Lipinski definition) is 1. The fourth-order valence-electron chi connectivity index (χ4n) is 2.09. The summed E-state index contributed by atoms with van der Waals surface area (Å²) in [5.74, 6) is -0.0964. The summed E-state index contributed by atoms with van der Waals surface area (Å²) in [6.07, 6.45) is 1.55. The van der Waals surface area contributed by atoms with E-state index >= 15 is 0 Å². The molecule has 1 aromatic carbocycles. The molecule has 0 atom stereocenters. The predicted molar refractivity (Wildman–Crippen MR) is 97.1 cm³/mol. The summed E-state index contributed by atoms with van der Waals surface area (Å²) in [6.45, 7) is 1.75. The van der Waals surface area contributed by atoms with Crippen LogP contribution in [0, 0.1) is 3.57 Å². The number of nitrogens with zero attached hydrogens (tertiary/aromatic N) is 1. The Morgan fingerprint density at radius 2 is 2.08 bits per heavy atom. The maximum atomic E-state index is 11.9. The standard InChI is InChI=1S/C16H17IN2O6/c1-4-24-13(20)8-25-14-10(17)5-9(7-12(14)23-3)6-11-15(21)19(2)16(22)18-11/h5-7H,4,8H2,1-3H3,(H,18,22)/b11-6+. The van der Waals surface area contributed by atoms with E-state index in [9.17, 15) is 14.4 Å². The van der Waals surface area contributed by atoms with Crippen LogP contribution >= 0.6 is 22.6 Å². The van der Waals surface area contributed by atoms with Crippen LogP contribution in [0.3, 0.4) is 0 Å². The molecule has 0 unspecified atom stereocenters. The molecule has 1 aliphatic heterocycles. The molecule has 8 nitrogen and oxygen atoms in total. The van der Waals surface area contributed by atoms with Gasteiger partial charge in [-0.3, -0.25) is 9.69 Å². The van der Waals surface area contributed by atoms with E-state index in [4.69, 9.17) is 14.2 Å². The molecule has 1 heterocycles. The molecule has 1 aromatic rings. The average Bonchev–Trinajstić information content (AvgIpc) is 2.80. The topological polar surface area (TPSA) is 94.2 Å². The van der Waals surface area contributed by atoms with Gasteiger partial charge < -0.3 is 19.5 Å². The van der Waals surface area contributed by atoms with Crippen molar-refractivity contribution in [3.8, 4) is 11.5 Å². The van der Waals surface area contributed by atoms with Crippen molar-refractivity contribution in [3.63, 3.8) is 0 Å². The highest BCUT2D eigenvalue weighted by molar-refractivity contribution is 14.1. The zero-order valence-corrected chi connectivity index (χ0v) is 16.1. The largest absolute Gasteiger partial charge is 0.493 e. The molecule has 1 fully saturated rings. The molecule has 1 N–H and O–H groups in total. The van der Waals surface area contributed by atoms with Crippen molar-refractivity contribution in [2.24, 2.45) is 0 Å². The Morgan fingerprint density at radius 3 is 2.64 bits per heavy atom. The number of rotatable bonds is 6. The van der Waals surface area contributed by atoms with Crippen LogP contribution in [0.25, 0.3) is 6.08 Å². The molecule has 0 aliphatic carbocycles. The minimum Gasteiger partial charge on any atom is -0.493 e. The second-order valence-electron chi connectivity index (χ2n) is 4.98. The molecule has 0 saturated carbocycles. The highest BCUT2D eigenvalue weighted by Crippen LogP contribution is 2.34. The van der Waals surface area contributed by atoms with Gasteiger partial charge in [0, 0.05) is 7.05 Å². The van der Waals surface area contributed by atoms with Crippen LogP contribution in [0.15, 0.2) is 17.8 Å². The average molecular weight is 460 g/mol. The number of amides is 3. The molecule has 1 saturated heterocycles. The second kappa shape index (κ2) is 8.19. The first-order chi connectivity index (χ1) is 11.9. The minimum atomic E-state index is -0.479. The zero-order valence-electron chi connectivity index (χ0n) is 13.9. The lowest BCUT2D eigenvalue weighted by Crippen LogP contribution is -2.25. The summed E-state index contributed by atoms with van der Waals surface area (Å²) < 4.78 is 16.3. The van der Waals surface area contributed by atoms with Crippen molar-refractivity contribution in [3.05, 3.63) is 27.0 Å². The normalized spacial score (nSPS) is 15.4. The molecule has 2 rings (SSSR count). The van der Waals surface area contributed by atoms with E-state index in [2.05, 4.69) is 5.32 Å². The zero-order chi connectivity index (χ0) is 18.6. The number of esters is 1. The summed E-state index contributed by atoms with van der Waals surface area (Å²) in [6, 6.07) is 2.91. The van der Waals surface area contributed by atoms with Gasteiger partial charge >= 0.3 is 12.0 Å². The molecule has 0 spiro atoms. The third-order valence-electron chi connectivity index (χ3n) is 3.28. The van der Waals surface area contributed by atoms with E-state index in [0.29, 0.717) is 20.6 Å². The Kier molecular flexibility index (Phi) is 6.23. The lowest BCUT2D eigenvalue weighted by atomic mass is 10.1. The molecule has 0 bridgehead atoms. The molecule has 1 aliphatic rings. The van der Waals surface area contributed by atoms with Crippen LogP contribution in [0.2, 0.25) is 0 Å². The SMILES string of the molecule is CCOC(=O)COc1c(I)cc(/C=C2/NC(=O)N(C)C2=O)cc1OC. The van der Waals surface area contributed by atoms with Gasteiger partial charge in [0.15, 0.2) is 18.1 Å². The summed E-state index contributed by atoms with van der Waals surface area (Å²) in [7, 11) is 2.87. The van der Waals surface area contributed by atoms with Gasteiger partial charge in [0.2, 0.25) is 0 Å². The van der Waals surface area contributed by atoms with Gasteiger partial charge in [-0.05, 0) is 53.3 Å². The van der Waals surface area contributed by atoms with Crippen molar-refractivity contribution < 1.29 is 28.6 Å². The van der Waals surface area contributed by atoms with E-state index in [-0.39, 0.29) is 18.9 Å². The van der Waals surface area contributed by atoms with E-state index in [1.54, 1.807) is 25.1 Å². The van der Waals surface area contributed by atoms with E-state index in [0.717, 1.165) is 4.90 Å². The number of urea groups is 1. The second-order valence-corrected chi connectivity index (χ2v) is 6.14. The maximum absolute atomic E-state index is 11.9. The third-order valence-corrected chi connectivity index (χ3v) is 4.09. The number of likely N-dealkylation sites (N-methyl/N-ethyl adjacent to an activating group) is 1. The van der Waals surface area contributed by atoms with E-state index < -0.39 is 17.9 Å². The van der Waals surface area contributed by atoms with Crippen molar-refractivity contribution >= 4 is 46.6 Å². The van der Waals surface area contributed by atoms with Crippen LogP contribution in [0.4, 0.5) is 4.79 Å². The summed E-state index contributed by atoms with van der Waals surface area (Å²) in [5.41, 5.74) is 0.814. The number of carbonyl (C=O) groups excluding carboxylic acids is 3. The van der Waals surface area contributed by atoms with Gasteiger partial charge in [-0.15, -0.1) is 0 Å². The lowest BCUT2D eigenvalue weighted by Gasteiger charge is -2.13. The van der Waals surface area contributed by atoms with Crippen LogP contribution < -0.4 is 14.8 Å². The molecule has 0 aromatic heterocycles. The number of carbonyl (C=O) groups is 3. The number of benzene rings is 1. The molecule has 3 amide bonds. The first-order valence-electron chi connectivity index (χ1n) is 7.34. The minimum absolute atomic E-state index is 0.172. The summed E-state index contributed by atoms with van der Waals surface area (Å²) in [4.78, 5) is 35.9. The highest BCUT2D eigenvalue weighted by atomic mass is 127. The van der Waals surface area contributed by atoms with Crippen LogP contribution in [0.1, 0.15) is 12.5 Å². The number of hydrogen-bond acceptors (Lipinski definition) is 6. The summed E-state index contributed by atoms with van der Waals surface area (Å²) >= 11 is 2.03. The molecular weight excluding hydrogens is 443 g/mol. The van der Waals surface area contributed by atoms with Gasteiger partial charge in [0.1, 0.15) is 5.70 Å². The van der Waals surface area contributed by atoms with Crippen LogP contribution in [0.5, 0.6) is 11.5 Å². The molecule has 25 heavy (non-hydrogen) atoms. The first-order valence-corrected chi connectivity index (χ1v) is 8.42. The van der Waals surface area contributed by atoms with Crippen molar-refractivity contribution in [2.45, 2.75) is 6.92 Å². The Morgan fingerprint density at radius 1 is 1.36 bits per heavy atom. The number of imide groups is 1.